The molecule has 1 saturated heterocycles. The predicted molar refractivity (Wildman–Crippen MR) is 150 cm³/mol. The number of ether oxygens (including phenoxy) is 1. The van der Waals surface area contributed by atoms with Gasteiger partial charge in [0.2, 0.25) is 11.8 Å². The van der Waals surface area contributed by atoms with Crippen molar-refractivity contribution in [3.63, 3.8) is 0 Å². The van der Waals surface area contributed by atoms with E-state index in [0.29, 0.717) is 31.2 Å². The Labute approximate surface area is 242 Å². The second-order valence-corrected chi connectivity index (χ2v) is 12.7. The van der Waals surface area contributed by atoms with E-state index in [-0.39, 0.29) is 42.7 Å². The molecule has 0 saturated carbocycles. The molecule has 1 aromatic rings. The van der Waals surface area contributed by atoms with E-state index in [1.165, 1.54) is 20.8 Å². The van der Waals surface area contributed by atoms with Crippen molar-refractivity contribution >= 4 is 48.2 Å². The molecule has 0 radical (unpaired) electrons. The number of carbonyl (C=O) groups is 3. The number of hydrogen-bond donors (Lipinski definition) is 6. The van der Waals surface area contributed by atoms with Crippen LogP contribution in [-0.2, 0) is 32.7 Å². The van der Waals surface area contributed by atoms with Crippen LogP contribution in [0.4, 0.5) is 5.82 Å². The molecule has 2 aliphatic rings. The number of carbonyl (C=O) groups excluding carboxylic acids is 3. The fourth-order valence-electron chi connectivity index (χ4n) is 4.07. The zero-order chi connectivity index (χ0) is 30.2. The highest BCUT2D eigenvalue weighted by atomic mass is 32.2. The van der Waals surface area contributed by atoms with Crippen LogP contribution in [0.25, 0.3) is 0 Å². The first-order valence-electron chi connectivity index (χ1n) is 13.0. The maximum absolute atomic E-state index is 12.5. The largest absolute Gasteiger partial charge is 0.472 e. The Bertz CT molecular complexity index is 1160. The Morgan fingerprint density at radius 1 is 1.34 bits per heavy atom. The normalized spacial score (nSPS) is 22.0. The van der Waals surface area contributed by atoms with E-state index < -0.39 is 38.0 Å². The number of amides is 2. The maximum atomic E-state index is 12.5. The van der Waals surface area contributed by atoms with Crippen LogP contribution in [0.3, 0.4) is 0 Å². The summed E-state index contributed by atoms with van der Waals surface area (Å²) in [4.78, 5) is 58.7. The number of nitrogens with zero attached hydrogens (tertiary/aromatic N) is 3. The number of fused-ring (bicyclic) bond motifs is 1. The first-order chi connectivity index (χ1) is 19.3. The number of aliphatic hydroxyl groups excluding tert-OH is 1. The lowest BCUT2D eigenvalue weighted by Gasteiger charge is -2.33. The number of aliphatic imine (C=N–C) groups is 1. The summed E-state index contributed by atoms with van der Waals surface area (Å²) in [5.74, 6) is 0.380. The van der Waals surface area contributed by atoms with Crippen molar-refractivity contribution in [1.29, 1.82) is 0 Å². The standard InChI is InChI=1S/C23H38N7O9PS/c1-14(31)41-13-29-16(32)7-8-25-22(34)19(33)23(2,3)10-38-40(35,36)37-9-15-5-6-17(39-15)30-12-28-20(24-4)18-21(30)27-11-26-18/h11,15,17,19,33H,5-10,12-13H2,1-4H3,(H,24,28)(H,25,34)(H,26,27)(H,29,32)(H,35,36). The summed E-state index contributed by atoms with van der Waals surface area (Å²) in [5.41, 5.74) is -0.510. The molecule has 3 heterocycles. The summed E-state index contributed by atoms with van der Waals surface area (Å²) in [6.45, 7) is 4.08. The van der Waals surface area contributed by atoms with E-state index in [1.54, 1.807) is 13.4 Å². The summed E-state index contributed by atoms with van der Waals surface area (Å²) in [6, 6.07) is 0. The quantitative estimate of drug-likeness (QED) is 0.120. The first kappa shape index (κ1) is 33.0. The molecule has 3 rings (SSSR count). The van der Waals surface area contributed by atoms with Gasteiger partial charge in [-0.2, -0.15) is 0 Å². The van der Waals surface area contributed by atoms with E-state index in [0.717, 1.165) is 17.5 Å². The maximum Gasteiger partial charge on any atom is 0.472 e. The van der Waals surface area contributed by atoms with Gasteiger partial charge in [-0.05, 0) is 12.8 Å². The van der Waals surface area contributed by atoms with Crippen molar-refractivity contribution in [2.75, 3.05) is 44.3 Å². The molecule has 2 aliphatic heterocycles. The molecule has 6 N–H and O–H groups in total. The number of phosphoric ester groups is 1. The monoisotopic (exact) mass is 619 g/mol. The van der Waals surface area contributed by atoms with Crippen molar-refractivity contribution in [1.82, 2.24) is 25.9 Å². The molecule has 41 heavy (non-hydrogen) atoms. The number of H-pyrrole nitrogens is 1. The van der Waals surface area contributed by atoms with Gasteiger partial charge >= 0.3 is 7.82 Å². The molecule has 0 bridgehead atoms. The SMILES string of the molecule is CN=C1NCN(C2CCC(COP(=O)(O)OCC(C)(C)C(O)C(=O)NCCC(=O)NCSC(C)=O)O2)c2nc[nH]c21. The smallest absolute Gasteiger partial charge is 0.383 e. The summed E-state index contributed by atoms with van der Waals surface area (Å²) >= 11 is 0.946. The van der Waals surface area contributed by atoms with Gasteiger partial charge in [-0.25, -0.2) is 9.55 Å². The number of phosphoric acid groups is 1. The molecule has 18 heteroatoms. The van der Waals surface area contributed by atoms with Crippen LogP contribution in [0.15, 0.2) is 11.3 Å². The van der Waals surface area contributed by atoms with Crippen LogP contribution in [-0.4, -0.2) is 101 Å². The molecule has 4 atom stereocenters. The minimum atomic E-state index is -4.53. The average Bonchev–Trinajstić information content (AvgIpc) is 3.60. The van der Waals surface area contributed by atoms with Gasteiger partial charge in [-0.15, -0.1) is 0 Å². The van der Waals surface area contributed by atoms with E-state index in [1.807, 2.05) is 4.90 Å². The number of anilines is 1. The number of hydrogen-bond acceptors (Lipinski definition) is 12. The lowest BCUT2D eigenvalue weighted by Crippen LogP contribution is -2.49. The van der Waals surface area contributed by atoms with Crippen molar-refractivity contribution in [3.05, 3.63) is 12.0 Å². The number of rotatable bonds is 14. The highest BCUT2D eigenvalue weighted by molar-refractivity contribution is 8.13. The van der Waals surface area contributed by atoms with Gasteiger partial charge in [0.1, 0.15) is 23.9 Å². The second kappa shape index (κ2) is 14.6. The van der Waals surface area contributed by atoms with Gasteiger partial charge in [0, 0.05) is 32.4 Å². The zero-order valence-electron chi connectivity index (χ0n) is 23.4. The van der Waals surface area contributed by atoms with E-state index in [9.17, 15) is 28.9 Å². The Morgan fingerprint density at radius 2 is 2.10 bits per heavy atom. The highest BCUT2D eigenvalue weighted by Gasteiger charge is 2.39. The lowest BCUT2D eigenvalue weighted by molar-refractivity contribution is -0.137. The first-order valence-corrected chi connectivity index (χ1v) is 15.5. The molecule has 1 aromatic heterocycles. The molecule has 0 aliphatic carbocycles. The summed E-state index contributed by atoms with van der Waals surface area (Å²) in [7, 11) is -2.85. The zero-order valence-corrected chi connectivity index (χ0v) is 25.1. The summed E-state index contributed by atoms with van der Waals surface area (Å²) in [6.07, 6.45) is 0.358. The minimum absolute atomic E-state index is 0.0459. The molecular weight excluding hydrogens is 581 g/mol. The number of nitrogens with one attached hydrogen (secondary N) is 4. The van der Waals surface area contributed by atoms with E-state index >= 15 is 0 Å². The Balaban J connectivity index is 1.39. The number of imidazole rings is 1. The number of aliphatic hydroxyl groups is 1. The van der Waals surface area contributed by atoms with Crippen molar-refractivity contribution in [2.45, 2.75) is 58.5 Å². The Hall–Kier alpha value is -2.53. The molecule has 4 unspecified atom stereocenters. The van der Waals surface area contributed by atoms with Gasteiger partial charge in [-0.3, -0.25) is 28.4 Å². The Kier molecular flexibility index (Phi) is 11.7. The second-order valence-electron chi connectivity index (χ2n) is 10.1. The predicted octanol–water partition coefficient (Wildman–Crippen LogP) is 0.0387. The van der Waals surface area contributed by atoms with Crippen LogP contribution in [0.1, 0.15) is 45.7 Å². The van der Waals surface area contributed by atoms with Crippen LogP contribution >= 0.6 is 19.6 Å². The van der Waals surface area contributed by atoms with Crippen molar-refractivity contribution < 1.29 is 42.7 Å². The highest BCUT2D eigenvalue weighted by Crippen LogP contribution is 2.46. The van der Waals surface area contributed by atoms with Gasteiger partial charge in [0.05, 0.1) is 38.2 Å². The Morgan fingerprint density at radius 3 is 2.80 bits per heavy atom. The summed E-state index contributed by atoms with van der Waals surface area (Å²) in [5, 5.41) is 18.5. The molecule has 16 nitrogen and oxygen atoms in total. The third-order valence-corrected chi connectivity index (χ3v) is 8.04. The van der Waals surface area contributed by atoms with Gasteiger partial charge in [-0.1, -0.05) is 25.6 Å². The molecule has 0 spiro atoms. The van der Waals surface area contributed by atoms with Gasteiger partial charge < -0.3 is 40.6 Å². The summed E-state index contributed by atoms with van der Waals surface area (Å²) < 4.78 is 28.8. The number of thioether (sulfide) groups is 1. The molecule has 230 valence electrons. The van der Waals surface area contributed by atoms with Gasteiger partial charge in [0.25, 0.3) is 0 Å². The molecule has 1 fully saturated rings. The number of aromatic nitrogens is 2. The topological polar surface area (TPSA) is 217 Å². The number of aromatic amines is 1. The lowest BCUT2D eigenvalue weighted by atomic mass is 9.87. The fourth-order valence-corrected chi connectivity index (χ4v) is 5.43. The van der Waals surface area contributed by atoms with Crippen LogP contribution in [0, 0.1) is 5.41 Å². The van der Waals surface area contributed by atoms with Crippen LogP contribution < -0.4 is 20.9 Å². The molecule has 2 amide bonds. The van der Waals surface area contributed by atoms with Gasteiger partial charge in [0.15, 0.2) is 10.9 Å². The van der Waals surface area contributed by atoms with Crippen molar-refractivity contribution in [2.24, 2.45) is 10.4 Å². The van der Waals surface area contributed by atoms with E-state index in [2.05, 4.69) is 30.9 Å². The van der Waals surface area contributed by atoms with Crippen LogP contribution in [0.2, 0.25) is 0 Å². The molecule has 0 aromatic carbocycles. The van der Waals surface area contributed by atoms with Crippen molar-refractivity contribution in [3.8, 4) is 0 Å². The fraction of sp³-hybridized carbons (Fsp3) is 0.696. The average molecular weight is 620 g/mol. The van der Waals surface area contributed by atoms with E-state index in [4.69, 9.17) is 13.8 Å². The number of amidine groups is 1. The van der Waals surface area contributed by atoms with Crippen LogP contribution in [0.5, 0.6) is 0 Å². The third-order valence-electron chi connectivity index (χ3n) is 6.41. The third kappa shape index (κ3) is 9.49. The molecular formula is C23H38N7O9PS. The minimum Gasteiger partial charge on any atom is -0.383 e.